The lowest BCUT2D eigenvalue weighted by molar-refractivity contribution is -0.102. The van der Waals surface area contributed by atoms with Crippen LogP contribution in [0.2, 0.25) is 0 Å². The van der Waals surface area contributed by atoms with Crippen LogP contribution in [0.5, 0.6) is 0 Å². The van der Waals surface area contributed by atoms with Crippen LogP contribution in [0.4, 0.5) is 0 Å². The molecule has 1 aliphatic heterocycles. The molecule has 2 unspecified atom stereocenters. The summed E-state index contributed by atoms with van der Waals surface area (Å²) in [5, 5.41) is 3.55. The number of ether oxygens (including phenoxy) is 2. The van der Waals surface area contributed by atoms with E-state index in [4.69, 9.17) is 9.47 Å². The quantitative estimate of drug-likeness (QED) is 0.901. The Labute approximate surface area is 115 Å². The number of likely N-dealkylation sites (N-methyl/N-ethyl adjacent to an activating group) is 1. The van der Waals surface area contributed by atoms with Gasteiger partial charge in [0.2, 0.25) is 0 Å². The Balaban J connectivity index is 1.82. The summed E-state index contributed by atoms with van der Waals surface area (Å²) in [5.74, 6) is 0. The third-order valence-corrected chi connectivity index (χ3v) is 4.12. The van der Waals surface area contributed by atoms with E-state index in [0.717, 1.165) is 13.2 Å². The second-order valence-corrected chi connectivity index (χ2v) is 5.40. The summed E-state index contributed by atoms with van der Waals surface area (Å²) in [6.45, 7) is 5.21. The monoisotopic (exact) mass is 261 g/mol. The zero-order valence-corrected chi connectivity index (χ0v) is 11.7. The van der Waals surface area contributed by atoms with E-state index in [1.54, 1.807) is 0 Å². The van der Waals surface area contributed by atoms with Crippen LogP contribution in [-0.4, -0.2) is 32.5 Å². The van der Waals surface area contributed by atoms with Gasteiger partial charge in [-0.1, -0.05) is 25.1 Å². The average molecular weight is 261 g/mol. The van der Waals surface area contributed by atoms with Gasteiger partial charge in [-0.3, -0.25) is 0 Å². The van der Waals surface area contributed by atoms with Gasteiger partial charge in [-0.05, 0) is 42.5 Å². The Morgan fingerprint density at radius 1 is 1.26 bits per heavy atom. The highest BCUT2D eigenvalue weighted by Gasteiger charge is 2.26. The minimum absolute atomic E-state index is 0.133. The van der Waals surface area contributed by atoms with Crippen molar-refractivity contribution in [2.24, 2.45) is 0 Å². The largest absolute Gasteiger partial charge is 0.376 e. The molecule has 0 spiro atoms. The molecule has 1 aromatic rings. The molecule has 1 saturated heterocycles. The van der Waals surface area contributed by atoms with Crippen LogP contribution in [0.3, 0.4) is 0 Å². The second-order valence-electron chi connectivity index (χ2n) is 5.40. The summed E-state index contributed by atoms with van der Waals surface area (Å²) in [7, 11) is 0. The van der Waals surface area contributed by atoms with Crippen LogP contribution < -0.4 is 5.32 Å². The van der Waals surface area contributed by atoms with Crippen molar-refractivity contribution in [2.45, 2.75) is 38.3 Å². The van der Waals surface area contributed by atoms with Gasteiger partial charge < -0.3 is 14.8 Å². The van der Waals surface area contributed by atoms with Gasteiger partial charge in [0.15, 0.2) is 0 Å². The number of rotatable bonds is 4. The van der Waals surface area contributed by atoms with E-state index >= 15 is 0 Å². The van der Waals surface area contributed by atoms with Crippen molar-refractivity contribution in [3.63, 3.8) is 0 Å². The van der Waals surface area contributed by atoms with Gasteiger partial charge in [0.1, 0.15) is 6.10 Å². The first-order chi connectivity index (χ1) is 9.38. The predicted octanol–water partition coefficient (Wildman–Crippen LogP) is 2.24. The van der Waals surface area contributed by atoms with E-state index in [9.17, 15) is 0 Å². The van der Waals surface area contributed by atoms with Crippen LogP contribution in [0.15, 0.2) is 18.2 Å². The summed E-state index contributed by atoms with van der Waals surface area (Å²) in [4.78, 5) is 0. The Morgan fingerprint density at radius 3 is 2.95 bits per heavy atom. The fraction of sp³-hybridized carbons (Fsp3) is 0.625. The highest BCUT2D eigenvalue weighted by molar-refractivity contribution is 5.37. The maximum absolute atomic E-state index is 5.88. The van der Waals surface area contributed by atoms with Crippen molar-refractivity contribution in [2.75, 3.05) is 26.4 Å². The molecule has 19 heavy (non-hydrogen) atoms. The van der Waals surface area contributed by atoms with Crippen molar-refractivity contribution in [3.05, 3.63) is 34.9 Å². The summed E-state index contributed by atoms with van der Waals surface area (Å²) < 4.78 is 11.4. The van der Waals surface area contributed by atoms with Gasteiger partial charge in [0.05, 0.1) is 25.9 Å². The molecular formula is C16H23NO2. The van der Waals surface area contributed by atoms with Crippen molar-refractivity contribution in [1.82, 2.24) is 5.32 Å². The molecule has 2 atom stereocenters. The Kier molecular flexibility index (Phi) is 4.16. The van der Waals surface area contributed by atoms with Gasteiger partial charge in [0.25, 0.3) is 0 Å². The van der Waals surface area contributed by atoms with E-state index in [1.165, 1.54) is 36.0 Å². The highest BCUT2D eigenvalue weighted by Crippen LogP contribution is 2.28. The Bertz CT molecular complexity index is 427. The molecule has 2 aliphatic rings. The third kappa shape index (κ3) is 2.83. The van der Waals surface area contributed by atoms with Crippen molar-refractivity contribution in [3.8, 4) is 0 Å². The zero-order valence-electron chi connectivity index (χ0n) is 11.7. The molecule has 0 radical (unpaired) electrons. The van der Waals surface area contributed by atoms with Gasteiger partial charge in [-0.15, -0.1) is 0 Å². The molecule has 3 nitrogen and oxygen atoms in total. The standard InChI is InChI=1S/C16H23NO2/c1-2-17-16(15-11-18-8-9-19-15)14-7-6-12-4-3-5-13(12)10-14/h6-7,10,15-17H,2-5,8-9,11H2,1H3. The number of aryl methyl sites for hydroxylation is 2. The first-order valence-corrected chi connectivity index (χ1v) is 7.43. The molecule has 0 bridgehead atoms. The zero-order chi connectivity index (χ0) is 13.1. The van der Waals surface area contributed by atoms with Gasteiger partial charge >= 0.3 is 0 Å². The molecule has 1 aliphatic carbocycles. The molecule has 1 heterocycles. The molecule has 1 fully saturated rings. The molecule has 1 aromatic carbocycles. The number of fused-ring (bicyclic) bond motifs is 1. The highest BCUT2D eigenvalue weighted by atomic mass is 16.6. The van der Waals surface area contributed by atoms with E-state index in [0.29, 0.717) is 13.2 Å². The van der Waals surface area contributed by atoms with Gasteiger partial charge in [0, 0.05) is 0 Å². The maximum atomic E-state index is 5.88. The summed E-state index contributed by atoms with van der Waals surface area (Å²) in [6, 6.07) is 7.17. The van der Waals surface area contributed by atoms with Crippen LogP contribution in [0.1, 0.15) is 36.1 Å². The fourth-order valence-electron chi connectivity index (χ4n) is 3.17. The average Bonchev–Trinajstić information content (AvgIpc) is 2.93. The van der Waals surface area contributed by atoms with E-state index in [2.05, 4.69) is 30.4 Å². The lowest BCUT2D eigenvalue weighted by Gasteiger charge is -2.31. The molecule has 0 amide bonds. The summed E-state index contributed by atoms with van der Waals surface area (Å²) in [6.07, 6.45) is 3.90. The number of nitrogens with one attached hydrogen (secondary N) is 1. The van der Waals surface area contributed by atoms with E-state index < -0.39 is 0 Å². The lowest BCUT2D eigenvalue weighted by atomic mass is 9.97. The molecule has 0 saturated carbocycles. The van der Waals surface area contributed by atoms with Crippen molar-refractivity contribution < 1.29 is 9.47 Å². The minimum atomic E-state index is 0.133. The Hall–Kier alpha value is -0.900. The van der Waals surface area contributed by atoms with Crippen molar-refractivity contribution >= 4 is 0 Å². The number of hydrogen-bond donors (Lipinski definition) is 1. The first-order valence-electron chi connectivity index (χ1n) is 7.43. The van der Waals surface area contributed by atoms with E-state index in [-0.39, 0.29) is 12.1 Å². The van der Waals surface area contributed by atoms with E-state index in [1.807, 2.05) is 0 Å². The lowest BCUT2D eigenvalue weighted by Crippen LogP contribution is -2.40. The topological polar surface area (TPSA) is 30.5 Å². The molecule has 0 aromatic heterocycles. The maximum Gasteiger partial charge on any atom is 0.100 e. The first kappa shape index (κ1) is 13.1. The number of hydrogen-bond acceptors (Lipinski definition) is 3. The SMILES string of the molecule is CCNC(c1ccc2c(c1)CCC2)C1COCCO1. The second kappa shape index (κ2) is 6.04. The van der Waals surface area contributed by atoms with Crippen LogP contribution in [-0.2, 0) is 22.3 Å². The fourth-order valence-corrected chi connectivity index (χ4v) is 3.17. The van der Waals surface area contributed by atoms with Crippen LogP contribution in [0, 0.1) is 0 Å². The number of benzene rings is 1. The summed E-state index contributed by atoms with van der Waals surface area (Å²) in [5.41, 5.74) is 4.40. The third-order valence-electron chi connectivity index (χ3n) is 4.12. The van der Waals surface area contributed by atoms with Gasteiger partial charge in [-0.25, -0.2) is 0 Å². The molecule has 3 rings (SSSR count). The molecule has 104 valence electrons. The van der Waals surface area contributed by atoms with Crippen LogP contribution >= 0.6 is 0 Å². The van der Waals surface area contributed by atoms with Crippen LogP contribution in [0.25, 0.3) is 0 Å². The predicted molar refractivity (Wildman–Crippen MR) is 75.4 cm³/mol. The Morgan fingerprint density at radius 2 is 2.16 bits per heavy atom. The normalized spacial score (nSPS) is 24.2. The molecule has 3 heteroatoms. The molecular weight excluding hydrogens is 238 g/mol. The minimum Gasteiger partial charge on any atom is -0.376 e. The smallest absolute Gasteiger partial charge is 0.100 e. The van der Waals surface area contributed by atoms with Gasteiger partial charge in [-0.2, -0.15) is 0 Å². The van der Waals surface area contributed by atoms with Crippen molar-refractivity contribution in [1.29, 1.82) is 0 Å². The molecule has 1 N–H and O–H groups in total. The summed E-state index contributed by atoms with van der Waals surface area (Å²) >= 11 is 0.